The summed E-state index contributed by atoms with van der Waals surface area (Å²) in [4.78, 5) is 0. The fourth-order valence-corrected chi connectivity index (χ4v) is 3.25. The van der Waals surface area contributed by atoms with Crippen LogP contribution in [0.3, 0.4) is 0 Å². The Hall–Kier alpha value is -1.02. The predicted molar refractivity (Wildman–Crippen MR) is 85.2 cm³/mol. The van der Waals surface area contributed by atoms with Gasteiger partial charge in [-0.2, -0.15) is 0 Å². The van der Waals surface area contributed by atoms with Crippen molar-refractivity contribution in [3.05, 3.63) is 29.8 Å². The molecule has 0 bridgehead atoms. The molecule has 2 N–H and O–H groups in total. The minimum absolute atomic E-state index is 0.0483. The van der Waals surface area contributed by atoms with E-state index in [1.165, 1.54) is 31.2 Å². The highest BCUT2D eigenvalue weighted by Gasteiger charge is 2.30. The number of benzene rings is 1. The topological polar surface area (TPSA) is 35.2 Å². The van der Waals surface area contributed by atoms with Crippen molar-refractivity contribution in [3.63, 3.8) is 0 Å². The lowest BCUT2D eigenvalue weighted by Gasteiger charge is -2.26. The highest BCUT2D eigenvalue weighted by Crippen LogP contribution is 2.34. The van der Waals surface area contributed by atoms with E-state index >= 15 is 0 Å². The van der Waals surface area contributed by atoms with Gasteiger partial charge >= 0.3 is 0 Å². The molecule has 2 rings (SSSR count). The summed E-state index contributed by atoms with van der Waals surface area (Å²) in [5.74, 6) is 2.14. The van der Waals surface area contributed by atoms with E-state index < -0.39 is 0 Å². The van der Waals surface area contributed by atoms with Crippen LogP contribution in [-0.2, 0) is 0 Å². The van der Waals surface area contributed by atoms with E-state index in [2.05, 4.69) is 45.0 Å². The molecule has 1 aromatic carbocycles. The molecule has 1 saturated carbocycles. The van der Waals surface area contributed by atoms with Crippen molar-refractivity contribution in [1.82, 2.24) is 0 Å². The smallest absolute Gasteiger partial charge is 0.120 e. The summed E-state index contributed by atoms with van der Waals surface area (Å²) in [5.41, 5.74) is 7.30. The van der Waals surface area contributed by atoms with E-state index in [1.807, 2.05) is 0 Å². The van der Waals surface area contributed by atoms with Gasteiger partial charge in [0.1, 0.15) is 11.4 Å². The summed E-state index contributed by atoms with van der Waals surface area (Å²) in [6.07, 6.45) is 6.08. The van der Waals surface area contributed by atoms with Crippen LogP contribution in [0.25, 0.3) is 0 Å². The molecule has 1 unspecified atom stereocenters. The van der Waals surface area contributed by atoms with E-state index in [1.54, 1.807) is 0 Å². The molecule has 0 heterocycles. The van der Waals surface area contributed by atoms with E-state index in [0.717, 1.165) is 18.7 Å². The standard InChI is InChI=1S/C18H29NO/c1-14(2)12-16(13-19)15-6-8-17(9-7-15)20-18(3)10-4-5-11-18/h6-9,14,16H,4-5,10-13,19H2,1-3H3. The molecule has 0 aromatic heterocycles. The molecule has 1 atom stereocenters. The second-order valence-corrected chi connectivity index (χ2v) is 6.89. The van der Waals surface area contributed by atoms with Crippen LogP contribution in [-0.4, -0.2) is 12.1 Å². The molecular weight excluding hydrogens is 246 g/mol. The van der Waals surface area contributed by atoms with Crippen molar-refractivity contribution in [2.75, 3.05) is 6.54 Å². The zero-order chi connectivity index (χ0) is 14.6. The van der Waals surface area contributed by atoms with Gasteiger partial charge in [0.15, 0.2) is 0 Å². The van der Waals surface area contributed by atoms with Crippen LogP contribution >= 0.6 is 0 Å². The molecule has 0 saturated heterocycles. The van der Waals surface area contributed by atoms with Crippen molar-refractivity contribution in [3.8, 4) is 5.75 Å². The lowest BCUT2D eigenvalue weighted by Crippen LogP contribution is -2.28. The summed E-state index contributed by atoms with van der Waals surface area (Å²) in [5, 5.41) is 0. The first-order valence-electron chi connectivity index (χ1n) is 8.01. The molecule has 1 aromatic rings. The Balaban J connectivity index is 2.01. The maximum atomic E-state index is 6.18. The van der Waals surface area contributed by atoms with Crippen LogP contribution in [0.15, 0.2) is 24.3 Å². The highest BCUT2D eigenvalue weighted by atomic mass is 16.5. The maximum Gasteiger partial charge on any atom is 0.120 e. The Kier molecular flexibility index (Phi) is 5.09. The monoisotopic (exact) mass is 275 g/mol. The first kappa shape index (κ1) is 15.4. The van der Waals surface area contributed by atoms with Crippen LogP contribution in [0, 0.1) is 5.92 Å². The first-order valence-corrected chi connectivity index (χ1v) is 8.01. The fourth-order valence-electron chi connectivity index (χ4n) is 3.25. The first-order chi connectivity index (χ1) is 9.52. The van der Waals surface area contributed by atoms with Crippen LogP contribution in [0.2, 0.25) is 0 Å². The summed E-state index contributed by atoms with van der Waals surface area (Å²) in [6.45, 7) is 7.45. The van der Waals surface area contributed by atoms with Crippen molar-refractivity contribution in [2.45, 2.75) is 64.4 Å². The van der Waals surface area contributed by atoms with Gasteiger partial charge in [-0.05, 0) is 75.1 Å². The summed E-state index contributed by atoms with van der Waals surface area (Å²) in [6, 6.07) is 8.60. The lowest BCUT2D eigenvalue weighted by molar-refractivity contribution is 0.0968. The molecule has 2 heteroatoms. The van der Waals surface area contributed by atoms with Gasteiger partial charge in [0.25, 0.3) is 0 Å². The van der Waals surface area contributed by atoms with Gasteiger partial charge < -0.3 is 10.5 Å². The second kappa shape index (κ2) is 6.62. The van der Waals surface area contributed by atoms with Gasteiger partial charge in [-0.15, -0.1) is 0 Å². The zero-order valence-corrected chi connectivity index (χ0v) is 13.2. The Morgan fingerprint density at radius 3 is 2.25 bits per heavy atom. The third kappa shape index (κ3) is 3.99. The number of nitrogens with two attached hydrogens (primary N) is 1. The summed E-state index contributed by atoms with van der Waals surface area (Å²) >= 11 is 0. The molecular formula is C18H29NO. The Bertz CT molecular complexity index is 404. The van der Waals surface area contributed by atoms with Gasteiger partial charge in [-0.25, -0.2) is 0 Å². The molecule has 1 aliphatic rings. The number of ether oxygens (including phenoxy) is 1. The molecule has 0 amide bonds. The van der Waals surface area contributed by atoms with Crippen LogP contribution < -0.4 is 10.5 Å². The quantitative estimate of drug-likeness (QED) is 0.830. The fraction of sp³-hybridized carbons (Fsp3) is 0.667. The average Bonchev–Trinajstić information content (AvgIpc) is 2.83. The minimum atomic E-state index is 0.0483. The predicted octanol–water partition coefficient (Wildman–Crippen LogP) is 4.49. The Labute approximate surface area is 123 Å². The zero-order valence-electron chi connectivity index (χ0n) is 13.2. The van der Waals surface area contributed by atoms with E-state index in [9.17, 15) is 0 Å². The molecule has 1 fully saturated rings. The Morgan fingerprint density at radius 1 is 1.15 bits per heavy atom. The minimum Gasteiger partial charge on any atom is -0.488 e. The Morgan fingerprint density at radius 2 is 1.75 bits per heavy atom. The third-order valence-corrected chi connectivity index (χ3v) is 4.42. The van der Waals surface area contributed by atoms with Crippen molar-refractivity contribution < 1.29 is 4.74 Å². The molecule has 0 spiro atoms. The van der Waals surface area contributed by atoms with Crippen molar-refractivity contribution in [2.24, 2.45) is 11.7 Å². The molecule has 1 aliphatic carbocycles. The number of rotatable bonds is 6. The van der Waals surface area contributed by atoms with Gasteiger partial charge in [0.2, 0.25) is 0 Å². The summed E-state index contributed by atoms with van der Waals surface area (Å²) < 4.78 is 6.18. The molecule has 20 heavy (non-hydrogen) atoms. The highest BCUT2D eigenvalue weighted by molar-refractivity contribution is 5.30. The van der Waals surface area contributed by atoms with Gasteiger partial charge in [0, 0.05) is 0 Å². The molecule has 2 nitrogen and oxygen atoms in total. The maximum absolute atomic E-state index is 6.18. The van der Waals surface area contributed by atoms with Crippen molar-refractivity contribution >= 4 is 0 Å². The molecule has 0 aliphatic heterocycles. The lowest BCUT2D eigenvalue weighted by atomic mass is 9.90. The normalized spacial score (nSPS) is 19.2. The van der Waals surface area contributed by atoms with Crippen LogP contribution in [0.4, 0.5) is 0 Å². The third-order valence-electron chi connectivity index (χ3n) is 4.42. The van der Waals surface area contributed by atoms with E-state index in [4.69, 9.17) is 10.5 Å². The second-order valence-electron chi connectivity index (χ2n) is 6.89. The molecule has 0 radical (unpaired) electrons. The summed E-state index contributed by atoms with van der Waals surface area (Å²) in [7, 11) is 0. The van der Waals surface area contributed by atoms with Crippen LogP contribution in [0.1, 0.15) is 64.4 Å². The largest absolute Gasteiger partial charge is 0.488 e. The van der Waals surface area contributed by atoms with Gasteiger partial charge in [0.05, 0.1) is 0 Å². The molecule has 112 valence electrons. The van der Waals surface area contributed by atoms with E-state index in [0.29, 0.717) is 11.8 Å². The SMILES string of the molecule is CC(C)CC(CN)c1ccc(OC2(C)CCCC2)cc1. The van der Waals surface area contributed by atoms with Gasteiger partial charge in [-0.3, -0.25) is 0 Å². The van der Waals surface area contributed by atoms with Crippen molar-refractivity contribution in [1.29, 1.82) is 0 Å². The van der Waals surface area contributed by atoms with Gasteiger partial charge in [-0.1, -0.05) is 26.0 Å². The van der Waals surface area contributed by atoms with Crippen LogP contribution in [0.5, 0.6) is 5.75 Å². The average molecular weight is 275 g/mol. The van der Waals surface area contributed by atoms with E-state index in [-0.39, 0.29) is 5.60 Å². The number of hydrogen-bond donors (Lipinski definition) is 1. The number of hydrogen-bond acceptors (Lipinski definition) is 2.